The molecule has 0 fully saturated rings. The Balaban J connectivity index is 1.87. The number of fused-ring (bicyclic) bond motifs is 1. The molecule has 0 bridgehead atoms. The zero-order valence-electron chi connectivity index (χ0n) is 18.2. The SMILES string of the molecule is COc1ccc(OC)c([C@H]2O[C@@H](C(=O)c3ccccc3)c3ccccc3[C@@H]2N(C)C)c1. The van der Waals surface area contributed by atoms with Gasteiger partial charge in [0.05, 0.1) is 20.3 Å². The first kappa shape index (κ1) is 21.1. The van der Waals surface area contributed by atoms with Crippen molar-refractivity contribution in [3.05, 3.63) is 95.1 Å². The normalized spacial score (nSPS) is 20.2. The van der Waals surface area contributed by atoms with Crippen LogP contribution in [0.25, 0.3) is 0 Å². The van der Waals surface area contributed by atoms with Crippen LogP contribution in [0.2, 0.25) is 0 Å². The molecule has 0 saturated heterocycles. The Kier molecular flexibility index (Phi) is 6.07. The van der Waals surface area contributed by atoms with Crippen LogP contribution in [0.15, 0.2) is 72.8 Å². The Labute approximate surface area is 183 Å². The summed E-state index contributed by atoms with van der Waals surface area (Å²) in [5.74, 6) is 1.35. The Morgan fingerprint density at radius 3 is 2.16 bits per heavy atom. The average molecular weight is 418 g/mol. The third-order valence-electron chi connectivity index (χ3n) is 5.76. The highest BCUT2D eigenvalue weighted by atomic mass is 16.5. The maximum Gasteiger partial charge on any atom is 0.196 e. The number of ether oxygens (including phenoxy) is 3. The van der Waals surface area contributed by atoms with Crippen LogP contribution in [0.5, 0.6) is 11.5 Å². The molecule has 0 aliphatic carbocycles. The predicted octanol–water partition coefficient (Wildman–Crippen LogP) is 5.00. The Bertz CT molecular complexity index is 1060. The quantitative estimate of drug-likeness (QED) is 0.528. The molecule has 0 saturated carbocycles. The summed E-state index contributed by atoms with van der Waals surface area (Å²) in [6.07, 6.45) is -1.14. The van der Waals surface area contributed by atoms with Gasteiger partial charge in [0.1, 0.15) is 23.7 Å². The van der Waals surface area contributed by atoms with Gasteiger partial charge in [0, 0.05) is 11.1 Å². The van der Waals surface area contributed by atoms with Gasteiger partial charge in [-0.15, -0.1) is 0 Å². The predicted molar refractivity (Wildman–Crippen MR) is 120 cm³/mol. The van der Waals surface area contributed by atoms with E-state index < -0.39 is 12.2 Å². The molecule has 3 aromatic carbocycles. The molecule has 3 aromatic rings. The molecule has 0 spiro atoms. The highest BCUT2D eigenvalue weighted by Crippen LogP contribution is 2.49. The van der Waals surface area contributed by atoms with Gasteiger partial charge in [-0.25, -0.2) is 0 Å². The highest BCUT2D eigenvalue weighted by molar-refractivity contribution is 6.00. The van der Waals surface area contributed by atoms with Crippen molar-refractivity contribution in [3.63, 3.8) is 0 Å². The second-order valence-electron chi connectivity index (χ2n) is 7.81. The van der Waals surface area contributed by atoms with Crippen LogP contribution >= 0.6 is 0 Å². The van der Waals surface area contributed by atoms with Crippen LogP contribution < -0.4 is 9.47 Å². The summed E-state index contributed by atoms with van der Waals surface area (Å²) in [6, 6.07) is 22.9. The first-order chi connectivity index (χ1) is 15.0. The number of hydrogen-bond donors (Lipinski definition) is 0. The zero-order chi connectivity index (χ0) is 22.0. The number of methoxy groups -OCH3 is 2. The number of carbonyl (C=O) groups excluding carboxylic acids is 1. The summed E-state index contributed by atoms with van der Waals surface area (Å²) in [6.45, 7) is 0. The largest absolute Gasteiger partial charge is 0.497 e. The second kappa shape index (κ2) is 8.92. The summed E-state index contributed by atoms with van der Waals surface area (Å²) in [7, 11) is 7.31. The van der Waals surface area contributed by atoms with Gasteiger partial charge >= 0.3 is 0 Å². The number of Topliss-reactive ketones (excluding diaryl/α,β-unsaturated/α-hetero) is 1. The molecule has 31 heavy (non-hydrogen) atoms. The minimum atomic E-state index is -0.712. The van der Waals surface area contributed by atoms with Crippen LogP contribution in [0, 0.1) is 0 Å². The number of benzene rings is 3. The van der Waals surface area contributed by atoms with E-state index in [0.29, 0.717) is 17.1 Å². The number of rotatable bonds is 6. The minimum absolute atomic E-state index is 0.0582. The van der Waals surface area contributed by atoms with Gasteiger partial charge in [-0.2, -0.15) is 0 Å². The number of nitrogens with zero attached hydrogens (tertiary/aromatic N) is 1. The topological polar surface area (TPSA) is 48.0 Å². The van der Waals surface area contributed by atoms with E-state index in [1.165, 1.54) is 0 Å². The molecule has 0 N–H and O–H groups in total. The van der Waals surface area contributed by atoms with Crippen LogP contribution in [-0.2, 0) is 4.74 Å². The lowest BCUT2D eigenvalue weighted by atomic mass is 9.84. The Hall–Kier alpha value is -3.15. The third-order valence-corrected chi connectivity index (χ3v) is 5.76. The molecule has 5 heteroatoms. The minimum Gasteiger partial charge on any atom is -0.497 e. The van der Waals surface area contributed by atoms with Gasteiger partial charge < -0.3 is 14.2 Å². The molecular weight excluding hydrogens is 390 g/mol. The maximum atomic E-state index is 13.5. The number of ketones is 1. The molecular formula is C26H27NO4. The van der Waals surface area contributed by atoms with Crippen molar-refractivity contribution in [1.82, 2.24) is 4.90 Å². The maximum absolute atomic E-state index is 13.5. The number of carbonyl (C=O) groups is 1. The van der Waals surface area contributed by atoms with Gasteiger partial charge in [-0.1, -0.05) is 54.6 Å². The molecule has 4 rings (SSSR count). The van der Waals surface area contributed by atoms with Crippen molar-refractivity contribution in [2.24, 2.45) is 0 Å². The van der Waals surface area contributed by atoms with Crippen molar-refractivity contribution >= 4 is 5.78 Å². The van der Waals surface area contributed by atoms with Crippen molar-refractivity contribution < 1.29 is 19.0 Å². The molecule has 1 aliphatic rings. The second-order valence-corrected chi connectivity index (χ2v) is 7.81. The fourth-order valence-corrected chi connectivity index (χ4v) is 4.29. The fourth-order valence-electron chi connectivity index (χ4n) is 4.29. The molecule has 1 heterocycles. The van der Waals surface area contributed by atoms with Crippen molar-refractivity contribution in [2.75, 3.05) is 28.3 Å². The monoisotopic (exact) mass is 417 g/mol. The summed E-state index contributed by atoms with van der Waals surface area (Å²) < 4.78 is 17.7. The average Bonchev–Trinajstić information content (AvgIpc) is 2.82. The van der Waals surface area contributed by atoms with E-state index in [1.807, 2.05) is 80.8 Å². The van der Waals surface area contributed by atoms with Gasteiger partial charge in [-0.05, 0) is 43.4 Å². The van der Waals surface area contributed by atoms with Gasteiger partial charge in [-0.3, -0.25) is 9.69 Å². The van der Waals surface area contributed by atoms with E-state index in [1.54, 1.807) is 14.2 Å². The third kappa shape index (κ3) is 3.94. The van der Waals surface area contributed by atoms with Gasteiger partial charge in [0.15, 0.2) is 5.78 Å². The zero-order valence-corrected chi connectivity index (χ0v) is 18.2. The van der Waals surface area contributed by atoms with E-state index in [0.717, 1.165) is 16.7 Å². The van der Waals surface area contributed by atoms with Crippen molar-refractivity contribution in [1.29, 1.82) is 0 Å². The summed E-state index contributed by atoms with van der Waals surface area (Å²) >= 11 is 0. The highest BCUT2D eigenvalue weighted by Gasteiger charge is 2.42. The van der Waals surface area contributed by atoms with Crippen molar-refractivity contribution in [2.45, 2.75) is 18.2 Å². The van der Waals surface area contributed by atoms with Crippen LogP contribution in [0.4, 0.5) is 0 Å². The van der Waals surface area contributed by atoms with Crippen molar-refractivity contribution in [3.8, 4) is 11.5 Å². The summed E-state index contributed by atoms with van der Waals surface area (Å²) in [4.78, 5) is 15.6. The molecule has 0 unspecified atom stereocenters. The molecule has 160 valence electrons. The summed E-state index contributed by atoms with van der Waals surface area (Å²) in [5, 5.41) is 0. The molecule has 1 aliphatic heterocycles. The fraction of sp³-hybridized carbons (Fsp3) is 0.269. The van der Waals surface area contributed by atoms with Crippen LogP contribution in [0.3, 0.4) is 0 Å². The molecule has 0 amide bonds. The molecule has 0 radical (unpaired) electrons. The lowest BCUT2D eigenvalue weighted by molar-refractivity contribution is -0.0588. The molecule has 0 aromatic heterocycles. The number of likely N-dealkylation sites (N-methyl/N-ethyl adjacent to an activating group) is 1. The van der Waals surface area contributed by atoms with E-state index in [4.69, 9.17) is 14.2 Å². The van der Waals surface area contributed by atoms with Gasteiger partial charge in [0.25, 0.3) is 0 Å². The van der Waals surface area contributed by atoms with Crippen LogP contribution in [0.1, 0.15) is 45.3 Å². The van der Waals surface area contributed by atoms with E-state index in [2.05, 4.69) is 11.0 Å². The van der Waals surface area contributed by atoms with E-state index in [9.17, 15) is 4.79 Å². The lowest BCUT2D eigenvalue weighted by Gasteiger charge is -2.41. The number of hydrogen-bond acceptors (Lipinski definition) is 5. The van der Waals surface area contributed by atoms with E-state index in [-0.39, 0.29) is 11.8 Å². The first-order valence-electron chi connectivity index (χ1n) is 10.3. The molecule has 3 atom stereocenters. The smallest absolute Gasteiger partial charge is 0.196 e. The first-order valence-corrected chi connectivity index (χ1v) is 10.3. The van der Waals surface area contributed by atoms with Gasteiger partial charge in [0.2, 0.25) is 0 Å². The van der Waals surface area contributed by atoms with Crippen LogP contribution in [-0.4, -0.2) is 39.0 Å². The lowest BCUT2D eigenvalue weighted by Crippen LogP contribution is -2.36. The molecule has 5 nitrogen and oxygen atoms in total. The van der Waals surface area contributed by atoms with E-state index >= 15 is 0 Å². The Morgan fingerprint density at radius 1 is 0.839 bits per heavy atom. The summed E-state index contributed by atoms with van der Waals surface area (Å²) in [5.41, 5.74) is 3.44. The standard InChI is InChI=1S/C26H27NO4/c1-27(2)23-19-12-8-9-13-20(19)26(24(28)17-10-6-5-7-11-17)31-25(23)21-16-18(29-3)14-15-22(21)30-4/h5-16,23,25-26H,1-4H3/t23-,25+,26+/m0/s1. The Morgan fingerprint density at radius 2 is 1.52 bits per heavy atom.